The molecule has 1 aliphatic heterocycles. The summed E-state index contributed by atoms with van der Waals surface area (Å²) in [6, 6.07) is 6.70. The molecule has 2 fully saturated rings. The molecule has 1 saturated heterocycles. The van der Waals surface area contributed by atoms with Gasteiger partial charge in [0.15, 0.2) is 5.82 Å². The SMILES string of the molecule is Cc1ccc(C)c2[nH]c(=O)c(CN(Cc3nnnn3C[C@H]3CCCO3)C3CCCCC3)cc12. The summed E-state index contributed by atoms with van der Waals surface area (Å²) in [5, 5.41) is 13.7. The van der Waals surface area contributed by atoms with E-state index in [1.54, 1.807) is 0 Å². The maximum atomic E-state index is 13.1. The van der Waals surface area contributed by atoms with Crippen LogP contribution in [0.1, 0.15) is 67.5 Å². The first-order valence-corrected chi connectivity index (χ1v) is 12.3. The Bertz CT molecular complexity index is 1160. The molecule has 1 N–H and O–H groups in total. The normalized spacial score (nSPS) is 19.7. The number of hydrogen-bond donors (Lipinski definition) is 1. The minimum atomic E-state index is -0.00374. The van der Waals surface area contributed by atoms with E-state index >= 15 is 0 Å². The number of aromatic amines is 1. The highest BCUT2D eigenvalue weighted by Gasteiger charge is 2.26. The van der Waals surface area contributed by atoms with Gasteiger partial charge in [0.1, 0.15) is 0 Å². The quantitative estimate of drug-likeness (QED) is 0.591. The van der Waals surface area contributed by atoms with Crippen LogP contribution in [0.2, 0.25) is 0 Å². The van der Waals surface area contributed by atoms with Crippen LogP contribution in [0, 0.1) is 13.8 Å². The Hall–Kier alpha value is -2.58. The second-order valence-corrected chi connectivity index (χ2v) is 9.72. The third-order valence-corrected chi connectivity index (χ3v) is 7.34. The second-order valence-electron chi connectivity index (χ2n) is 9.72. The van der Waals surface area contributed by atoms with Crippen LogP contribution in [-0.2, 0) is 24.4 Å². The van der Waals surface area contributed by atoms with Crippen molar-refractivity contribution in [2.45, 2.75) is 90.6 Å². The zero-order valence-corrected chi connectivity index (χ0v) is 19.7. The van der Waals surface area contributed by atoms with Crippen molar-refractivity contribution in [3.8, 4) is 0 Å². The van der Waals surface area contributed by atoms with E-state index in [9.17, 15) is 4.79 Å². The van der Waals surface area contributed by atoms with Crippen LogP contribution < -0.4 is 5.56 Å². The molecule has 2 aliphatic rings. The number of rotatable bonds is 7. The minimum absolute atomic E-state index is 0.00374. The van der Waals surface area contributed by atoms with Crippen LogP contribution in [0.25, 0.3) is 10.9 Å². The van der Waals surface area contributed by atoms with Crippen LogP contribution in [0.4, 0.5) is 0 Å². The van der Waals surface area contributed by atoms with E-state index in [0.29, 0.717) is 25.7 Å². The number of benzene rings is 1. The van der Waals surface area contributed by atoms with Gasteiger partial charge in [-0.3, -0.25) is 9.69 Å². The van der Waals surface area contributed by atoms with Gasteiger partial charge in [0.25, 0.3) is 5.56 Å². The fraction of sp³-hybridized carbons (Fsp3) is 0.600. The average molecular weight is 451 g/mol. The van der Waals surface area contributed by atoms with Crippen LogP contribution in [-0.4, -0.2) is 48.8 Å². The zero-order valence-electron chi connectivity index (χ0n) is 19.7. The zero-order chi connectivity index (χ0) is 22.8. The standard InChI is InChI=1S/C25H34N6O2/c1-17-10-11-18(2)24-22(17)13-19(25(32)26-24)14-30(20-7-4-3-5-8-20)16-23-27-28-29-31(23)15-21-9-6-12-33-21/h10-11,13,20-21H,3-9,12,14-16H2,1-2H3,(H,26,32)/t21-/m1/s1. The monoisotopic (exact) mass is 450 g/mol. The van der Waals surface area contributed by atoms with Gasteiger partial charge in [-0.05, 0) is 67.2 Å². The maximum absolute atomic E-state index is 13.1. The summed E-state index contributed by atoms with van der Waals surface area (Å²) in [7, 11) is 0. The average Bonchev–Trinajstić information content (AvgIpc) is 3.50. The van der Waals surface area contributed by atoms with Crippen molar-refractivity contribution in [3.63, 3.8) is 0 Å². The van der Waals surface area contributed by atoms with Crippen LogP contribution in [0.3, 0.4) is 0 Å². The first-order valence-electron chi connectivity index (χ1n) is 12.3. The lowest BCUT2D eigenvalue weighted by molar-refractivity contribution is 0.0893. The highest BCUT2D eigenvalue weighted by Crippen LogP contribution is 2.26. The maximum Gasteiger partial charge on any atom is 0.252 e. The van der Waals surface area contributed by atoms with Crippen molar-refractivity contribution in [1.82, 2.24) is 30.1 Å². The van der Waals surface area contributed by atoms with E-state index in [1.165, 1.54) is 24.8 Å². The van der Waals surface area contributed by atoms with Gasteiger partial charge in [-0.15, -0.1) is 5.10 Å². The predicted molar refractivity (Wildman–Crippen MR) is 127 cm³/mol. The van der Waals surface area contributed by atoms with Crippen molar-refractivity contribution in [1.29, 1.82) is 0 Å². The molecule has 0 unspecified atom stereocenters. The number of nitrogens with one attached hydrogen (secondary N) is 1. The highest BCUT2D eigenvalue weighted by atomic mass is 16.5. The number of hydrogen-bond acceptors (Lipinski definition) is 6. The van der Waals surface area contributed by atoms with E-state index in [1.807, 2.05) is 11.6 Å². The number of pyridine rings is 1. The molecule has 1 saturated carbocycles. The summed E-state index contributed by atoms with van der Waals surface area (Å²) in [6.45, 7) is 6.88. The molecule has 3 heterocycles. The number of nitrogens with zero attached hydrogens (tertiary/aromatic N) is 5. The summed E-state index contributed by atoms with van der Waals surface area (Å²) in [6.07, 6.45) is 8.38. The molecule has 33 heavy (non-hydrogen) atoms. The molecule has 1 aliphatic carbocycles. The van der Waals surface area contributed by atoms with Crippen molar-refractivity contribution in [2.24, 2.45) is 0 Å². The lowest BCUT2D eigenvalue weighted by Crippen LogP contribution is -2.38. The molecular formula is C25H34N6O2. The van der Waals surface area contributed by atoms with E-state index in [-0.39, 0.29) is 11.7 Å². The van der Waals surface area contributed by atoms with Gasteiger partial charge >= 0.3 is 0 Å². The van der Waals surface area contributed by atoms with Crippen molar-refractivity contribution >= 4 is 10.9 Å². The van der Waals surface area contributed by atoms with Gasteiger partial charge in [-0.1, -0.05) is 31.4 Å². The molecule has 0 spiro atoms. The summed E-state index contributed by atoms with van der Waals surface area (Å²) in [5.74, 6) is 0.848. The summed E-state index contributed by atoms with van der Waals surface area (Å²) in [5.41, 5.74) is 4.01. The van der Waals surface area contributed by atoms with Crippen LogP contribution in [0.5, 0.6) is 0 Å². The number of H-pyrrole nitrogens is 1. The first kappa shape index (κ1) is 22.2. The number of tetrazole rings is 1. The number of aryl methyl sites for hydroxylation is 2. The van der Waals surface area contributed by atoms with E-state index < -0.39 is 0 Å². The van der Waals surface area contributed by atoms with E-state index in [2.05, 4.69) is 50.5 Å². The van der Waals surface area contributed by atoms with Crippen LogP contribution >= 0.6 is 0 Å². The fourth-order valence-electron chi connectivity index (χ4n) is 5.36. The molecule has 8 heteroatoms. The van der Waals surface area contributed by atoms with Gasteiger partial charge in [0.2, 0.25) is 0 Å². The summed E-state index contributed by atoms with van der Waals surface area (Å²) in [4.78, 5) is 18.6. The van der Waals surface area contributed by atoms with Gasteiger partial charge in [-0.25, -0.2) is 4.68 Å². The lowest BCUT2D eigenvalue weighted by Gasteiger charge is -2.34. The Morgan fingerprint density at radius 3 is 2.70 bits per heavy atom. The van der Waals surface area contributed by atoms with Gasteiger partial charge in [-0.2, -0.15) is 0 Å². The van der Waals surface area contributed by atoms with E-state index in [0.717, 1.165) is 60.1 Å². The third kappa shape index (κ3) is 4.87. The van der Waals surface area contributed by atoms with Gasteiger partial charge in [0, 0.05) is 30.1 Å². The fourth-order valence-corrected chi connectivity index (χ4v) is 5.36. The molecule has 1 aromatic carbocycles. The molecule has 5 rings (SSSR count). The Morgan fingerprint density at radius 1 is 1.09 bits per heavy atom. The predicted octanol–water partition coefficient (Wildman–Crippen LogP) is 3.65. The molecule has 0 radical (unpaired) electrons. The Balaban J connectivity index is 1.43. The summed E-state index contributed by atoms with van der Waals surface area (Å²) < 4.78 is 7.69. The highest BCUT2D eigenvalue weighted by molar-refractivity contribution is 5.85. The van der Waals surface area contributed by atoms with Gasteiger partial charge in [0.05, 0.1) is 24.7 Å². The Morgan fingerprint density at radius 2 is 1.91 bits per heavy atom. The molecule has 176 valence electrons. The van der Waals surface area contributed by atoms with E-state index in [4.69, 9.17) is 4.74 Å². The number of ether oxygens (including phenoxy) is 1. The third-order valence-electron chi connectivity index (χ3n) is 7.34. The molecule has 2 aromatic heterocycles. The molecule has 0 amide bonds. The second kappa shape index (κ2) is 9.73. The molecular weight excluding hydrogens is 416 g/mol. The van der Waals surface area contributed by atoms with Crippen molar-refractivity contribution < 1.29 is 4.74 Å². The topological polar surface area (TPSA) is 88.9 Å². The largest absolute Gasteiger partial charge is 0.376 e. The van der Waals surface area contributed by atoms with Gasteiger partial charge < -0.3 is 9.72 Å². The first-order chi connectivity index (χ1) is 16.1. The number of aromatic nitrogens is 5. The van der Waals surface area contributed by atoms with Crippen LogP contribution in [0.15, 0.2) is 23.0 Å². The molecule has 3 aromatic rings. The smallest absolute Gasteiger partial charge is 0.252 e. The van der Waals surface area contributed by atoms with Crippen molar-refractivity contribution in [3.05, 3.63) is 51.1 Å². The lowest BCUT2D eigenvalue weighted by atomic mass is 9.93. The summed E-state index contributed by atoms with van der Waals surface area (Å²) >= 11 is 0. The molecule has 0 bridgehead atoms. The Labute approximate surface area is 194 Å². The van der Waals surface area contributed by atoms with Crippen molar-refractivity contribution in [2.75, 3.05) is 6.61 Å². The number of fused-ring (bicyclic) bond motifs is 1. The Kier molecular flexibility index (Phi) is 6.55. The minimum Gasteiger partial charge on any atom is -0.376 e. The molecule has 8 nitrogen and oxygen atoms in total. The molecule has 1 atom stereocenters.